The molecule has 3 aromatic rings. The van der Waals surface area contributed by atoms with Crippen LogP contribution in [-0.4, -0.2) is 36.5 Å². The first-order valence-corrected chi connectivity index (χ1v) is 9.25. The van der Waals surface area contributed by atoms with Crippen LogP contribution in [-0.2, 0) is 13.6 Å². The first-order valence-electron chi connectivity index (χ1n) is 9.25. The van der Waals surface area contributed by atoms with E-state index < -0.39 is 0 Å². The summed E-state index contributed by atoms with van der Waals surface area (Å²) in [5, 5.41) is 11.7. The SMILES string of the molecule is C[C@@H](c1ccccc1)n1nccc1NC(=O)N(Cc1cnn(C)c1)C1CC1. The van der Waals surface area contributed by atoms with Crippen LogP contribution in [0.25, 0.3) is 0 Å². The van der Waals surface area contributed by atoms with Crippen molar-refractivity contribution >= 4 is 11.8 Å². The molecule has 4 rings (SSSR count). The highest BCUT2D eigenvalue weighted by atomic mass is 16.2. The van der Waals surface area contributed by atoms with Gasteiger partial charge in [-0.3, -0.25) is 10.00 Å². The van der Waals surface area contributed by atoms with E-state index in [2.05, 4.69) is 34.6 Å². The second-order valence-corrected chi connectivity index (χ2v) is 7.06. The lowest BCUT2D eigenvalue weighted by atomic mass is 10.1. The Hall–Kier alpha value is -3.09. The van der Waals surface area contributed by atoms with Crippen molar-refractivity contribution in [2.45, 2.75) is 38.4 Å². The molecule has 1 aliphatic carbocycles. The van der Waals surface area contributed by atoms with Gasteiger partial charge in [-0.1, -0.05) is 30.3 Å². The van der Waals surface area contributed by atoms with E-state index >= 15 is 0 Å². The van der Waals surface area contributed by atoms with Crippen LogP contribution in [0.3, 0.4) is 0 Å². The summed E-state index contributed by atoms with van der Waals surface area (Å²) in [6.45, 7) is 2.64. The van der Waals surface area contributed by atoms with Gasteiger partial charge in [-0.15, -0.1) is 0 Å². The minimum atomic E-state index is -0.0941. The van der Waals surface area contributed by atoms with E-state index in [9.17, 15) is 4.79 Å². The third-order valence-corrected chi connectivity index (χ3v) is 4.91. The van der Waals surface area contributed by atoms with Gasteiger partial charge >= 0.3 is 6.03 Å². The minimum Gasteiger partial charge on any atom is -0.317 e. The van der Waals surface area contributed by atoms with E-state index in [1.807, 2.05) is 53.3 Å². The van der Waals surface area contributed by atoms with Crippen molar-refractivity contribution in [3.8, 4) is 0 Å². The number of nitrogens with zero attached hydrogens (tertiary/aromatic N) is 5. The van der Waals surface area contributed by atoms with Crippen molar-refractivity contribution in [3.63, 3.8) is 0 Å². The van der Waals surface area contributed by atoms with Gasteiger partial charge in [0.25, 0.3) is 0 Å². The van der Waals surface area contributed by atoms with Crippen LogP contribution in [0, 0.1) is 0 Å². The Balaban J connectivity index is 1.50. The van der Waals surface area contributed by atoms with E-state index in [0.29, 0.717) is 18.4 Å². The molecule has 2 amide bonds. The molecule has 1 fully saturated rings. The molecule has 27 heavy (non-hydrogen) atoms. The molecule has 1 N–H and O–H groups in total. The van der Waals surface area contributed by atoms with Crippen LogP contribution in [0.2, 0.25) is 0 Å². The number of aromatic nitrogens is 4. The summed E-state index contributed by atoms with van der Waals surface area (Å²) in [6, 6.07) is 12.2. The van der Waals surface area contributed by atoms with Crippen molar-refractivity contribution in [2.24, 2.45) is 7.05 Å². The Morgan fingerprint density at radius 2 is 2.04 bits per heavy atom. The average Bonchev–Trinajstić information content (AvgIpc) is 3.28. The molecule has 0 unspecified atom stereocenters. The van der Waals surface area contributed by atoms with Crippen LogP contribution >= 0.6 is 0 Å². The Bertz CT molecular complexity index is 911. The predicted molar refractivity (Wildman–Crippen MR) is 103 cm³/mol. The molecular formula is C20H24N6O. The lowest BCUT2D eigenvalue weighted by Gasteiger charge is -2.23. The summed E-state index contributed by atoms with van der Waals surface area (Å²) < 4.78 is 3.61. The molecule has 1 atom stereocenters. The molecule has 140 valence electrons. The zero-order valence-electron chi connectivity index (χ0n) is 15.6. The summed E-state index contributed by atoms with van der Waals surface area (Å²) in [5.74, 6) is 0.702. The topological polar surface area (TPSA) is 68.0 Å². The Morgan fingerprint density at radius 3 is 2.70 bits per heavy atom. The highest BCUT2D eigenvalue weighted by Gasteiger charge is 2.33. The zero-order chi connectivity index (χ0) is 18.8. The van der Waals surface area contributed by atoms with Gasteiger partial charge in [-0.25, -0.2) is 9.48 Å². The standard InChI is InChI=1S/C20H24N6O/c1-15(17-6-4-3-5-7-17)26-19(10-11-21-26)23-20(27)25(18-8-9-18)14-16-12-22-24(2)13-16/h3-7,10-13,15,18H,8-9,14H2,1-2H3,(H,23,27)/t15-/m0/s1. The maximum Gasteiger partial charge on any atom is 0.323 e. The molecule has 1 aliphatic rings. The maximum atomic E-state index is 13.0. The molecule has 0 aliphatic heterocycles. The fourth-order valence-electron chi connectivity index (χ4n) is 3.28. The quantitative estimate of drug-likeness (QED) is 0.729. The maximum absolute atomic E-state index is 13.0. The molecule has 1 saturated carbocycles. The van der Waals surface area contributed by atoms with Crippen LogP contribution in [0.1, 0.15) is 36.9 Å². The van der Waals surface area contributed by atoms with E-state index in [-0.39, 0.29) is 12.1 Å². The number of nitrogens with one attached hydrogen (secondary N) is 1. The van der Waals surface area contributed by atoms with Gasteiger partial charge in [-0.2, -0.15) is 10.2 Å². The van der Waals surface area contributed by atoms with Crippen molar-refractivity contribution in [1.82, 2.24) is 24.5 Å². The normalized spacial score (nSPS) is 14.7. The molecule has 0 bridgehead atoms. The van der Waals surface area contributed by atoms with Crippen LogP contribution < -0.4 is 5.32 Å². The Kier molecular flexibility index (Phi) is 4.66. The third-order valence-electron chi connectivity index (χ3n) is 4.91. The summed E-state index contributed by atoms with van der Waals surface area (Å²) >= 11 is 0. The number of rotatable bonds is 6. The molecule has 2 heterocycles. The molecular weight excluding hydrogens is 340 g/mol. The first kappa shape index (κ1) is 17.3. The van der Waals surface area contributed by atoms with Crippen molar-refractivity contribution in [3.05, 3.63) is 66.1 Å². The van der Waals surface area contributed by atoms with Gasteiger partial charge in [0.15, 0.2) is 0 Å². The van der Waals surface area contributed by atoms with Gasteiger partial charge < -0.3 is 4.90 Å². The van der Waals surface area contributed by atoms with Crippen molar-refractivity contribution in [1.29, 1.82) is 0 Å². The smallest absolute Gasteiger partial charge is 0.317 e. The number of urea groups is 1. The molecule has 1 aromatic carbocycles. The lowest BCUT2D eigenvalue weighted by Crippen LogP contribution is -2.36. The predicted octanol–water partition coefficient (Wildman–Crippen LogP) is 3.42. The number of carbonyl (C=O) groups excluding carboxylic acids is 1. The first-order chi connectivity index (χ1) is 13.1. The summed E-state index contributed by atoms with van der Waals surface area (Å²) in [4.78, 5) is 14.9. The number of carbonyl (C=O) groups is 1. The van der Waals surface area contributed by atoms with Gasteiger partial charge in [0.2, 0.25) is 0 Å². The van der Waals surface area contributed by atoms with E-state index in [0.717, 1.165) is 24.0 Å². The fourth-order valence-corrected chi connectivity index (χ4v) is 3.28. The van der Waals surface area contributed by atoms with Gasteiger partial charge in [0, 0.05) is 30.9 Å². The minimum absolute atomic E-state index is 0.0317. The summed E-state index contributed by atoms with van der Waals surface area (Å²) in [7, 11) is 1.88. The van der Waals surface area contributed by atoms with Crippen LogP contribution in [0.4, 0.5) is 10.6 Å². The monoisotopic (exact) mass is 364 g/mol. The van der Waals surface area contributed by atoms with Crippen LogP contribution in [0.5, 0.6) is 0 Å². The molecule has 7 nitrogen and oxygen atoms in total. The molecule has 0 radical (unpaired) electrons. The fraction of sp³-hybridized carbons (Fsp3) is 0.350. The van der Waals surface area contributed by atoms with Crippen molar-refractivity contribution < 1.29 is 4.79 Å². The lowest BCUT2D eigenvalue weighted by molar-refractivity contribution is 0.206. The van der Waals surface area contributed by atoms with Gasteiger partial charge in [-0.05, 0) is 25.3 Å². The van der Waals surface area contributed by atoms with Gasteiger partial charge in [0.05, 0.1) is 25.0 Å². The second kappa shape index (κ2) is 7.26. The zero-order valence-corrected chi connectivity index (χ0v) is 15.6. The Morgan fingerprint density at radius 1 is 1.26 bits per heavy atom. The second-order valence-electron chi connectivity index (χ2n) is 7.06. The van der Waals surface area contributed by atoms with E-state index in [4.69, 9.17) is 0 Å². The molecule has 0 spiro atoms. The van der Waals surface area contributed by atoms with Crippen molar-refractivity contribution in [2.75, 3.05) is 5.32 Å². The molecule has 0 saturated heterocycles. The Labute approximate surface area is 158 Å². The number of benzene rings is 1. The van der Waals surface area contributed by atoms with Gasteiger partial charge in [0.1, 0.15) is 5.82 Å². The highest BCUT2D eigenvalue weighted by molar-refractivity contribution is 5.88. The van der Waals surface area contributed by atoms with Crippen LogP contribution in [0.15, 0.2) is 55.0 Å². The third kappa shape index (κ3) is 3.86. The molecule has 2 aromatic heterocycles. The largest absolute Gasteiger partial charge is 0.323 e. The number of hydrogen-bond acceptors (Lipinski definition) is 3. The average molecular weight is 364 g/mol. The number of aryl methyl sites for hydroxylation is 1. The summed E-state index contributed by atoms with van der Waals surface area (Å²) in [5.41, 5.74) is 2.18. The number of anilines is 1. The number of amides is 2. The van der Waals surface area contributed by atoms with E-state index in [1.165, 1.54) is 0 Å². The molecule has 7 heteroatoms. The highest BCUT2D eigenvalue weighted by Crippen LogP contribution is 2.29. The van der Waals surface area contributed by atoms with E-state index in [1.54, 1.807) is 10.9 Å². The number of hydrogen-bond donors (Lipinski definition) is 1. The summed E-state index contributed by atoms with van der Waals surface area (Å²) in [6.07, 6.45) is 7.58.